The Morgan fingerprint density at radius 1 is 0.778 bits per heavy atom. The molecule has 0 saturated carbocycles. The maximum absolute atomic E-state index is 12.4. The molecule has 208 valence electrons. The van der Waals surface area contributed by atoms with Gasteiger partial charge in [0.2, 0.25) is 0 Å². The molecule has 2 atom stereocenters. The minimum atomic E-state index is -1.01. The molecule has 0 saturated heterocycles. The quantitative estimate of drug-likeness (QED) is 0.206. The van der Waals surface area contributed by atoms with Crippen LogP contribution in [0.5, 0.6) is 0 Å². The standard InChI is InChI=1S/C24H43N3O8S/c1-11-12-32-18(28)17(27-21(31)35-24(8,9)10)15-36-14-16(26-20(30)34-23(5,6)7)13-25-19(29)33-22(2,3)4/h11,16-17H,1,12-15H2,2-10H3,(H,25,29)(H,26,30)(H,27,31)/t16-,17-/m0/s1. The van der Waals surface area contributed by atoms with Crippen molar-refractivity contribution in [3.63, 3.8) is 0 Å². The van der Waals surface area contributed by atoms with Crippen molar-refractivity contribution in [3.05, 3.63) is 12.7 Å². The summed E-state index contributed by atoms with van der Waals surface area (Å²) in [4.78, 5) is 49.0. The number of amides is 3. The molecule has 0 aromatic heterocycles. The molecule has 3 amide bonds. The Labute approximate surface area is 218 Å². The predicted octanol–water partition coefficient (Wildman–Crippen LogP) is 3.76. The van der Waals surface area contributed by atoms with Gasteiger partial charge in [0.25, 0.3) is 0 Å². The molecule has 0 rings (SSSR count). The molecule has 0 spiro atoms. The molecule has 0 bridgehead atoms. The van der Waals surface area contributed by atoms with Crippen molar-refractivity contribution in [1.29, 1.82) is 0 Å². The molecule has 0 unspecified atom stereocenters. The van der Waals surface area contributed by atoms with E-state index in [2.05, 4.69) is 22.5 Å². The van der Waals surface area contributed by atoms with Gasteiger partial charge in [-0.1, -0.05) is 12.7 Å². The first-order valence-electron chi connectivity index (χ1n) is 11.6. The number of esters is 1. The minimum absolute atomic E-state index is 0.0152. The molecular formula is C24H43N3O8S. The van der Waals surface area contributed by atoms with Crippen LogP contribution in [0.15, 0.2) is 12.7 Å². The molecule has 0 fully saturated rings. The Bertz CT molecular complexity index is 754. The van der Waals surface area contributed by atoms with Gasteiger partial charge in [-0.15, -0.1) is 0 Å². The van der Waals surface area contributed by atoms with Crippen LogP contribution in [0.2, 0.25) is 0 Å². The molecule has 0 radical (unpaired) electrons. The summed E-state index contributed by atoms with van der Waals surface area (Å²) in [6.07, 6.45) is -0.647. The number of ether oxygens (including phenoxy) is 4. The summed E-state index contributed by atoms with van der Waals surface area (Å²) >= 11 is 1.26. The Balaban J connectivity index is 5.24. The molecule has 3 N–H and O–H groups in total. The zero-order valence-electron chi connectivity index (χ0n) is 22.9. The highest BCUT2D eigenvalue weighted by atomic mass is 32.2. The smallest absolute Gasteiger partial charge is 0.408 e. The molecule has 0 aliphatic rings. The van der Waals surface area contributed by atoms with Crippen molar-refractivity contribution < 1.29 is 38.1 Å². The first-order chi connectivity index (χ1) is 16.3. The molecule has 0 aromatic rings. The lowest BCUT2D eigenvalue weighted by Gasteiger charge is -2.25. The third kappa shape index (κ3) is 18.7. The van der Waals surface area contributed by atoms with Crippen molar-refractivity contribution >= 4 is 36.0 Å². The summed E-state index contributed by atoms with van der Waals surface area (Å²) in [6, 6.07) is -1.57. The number of alkyl carbamates (subject to hydrolysis) is 3. The lowest BCUT2D eigenvalue weighted by molar-refractivity contribution is -0.144. The second-order valence-electron chi connectivity index (χ2n) is 10.9. The molecule has 0 heterocycles. The normalized spacial score (nSPS) is 13.5. The SMILES string of the molecule is C=CCOC(=O)[C@H](CSC[C@H](CNC(=O)OC(C)(C)C)NC(=O)OC(C)(C)C)NC(=O)OC(C)(C)C. The first kappa shape index (κ1) is 33.4. The molecule has 11 nitrogen and oxygen atoms in total. The van der Waals surface area contributed by atoms with Crippen LogP contribution in [0.3, 0.4) is 0 Å². The van der Waals surface area contributed by atoms with E-state index in [1.54, 1.807) is 62.3 Å². The Morgan fingerprint density at radius 3 is 1.72 bits per heavy atom. The van der Waals surface area contributed by atoms with E-state index in [0.717, 1.165) is 0 Å². The van der Waals surface area contributed by atoms with Crippen molar-refractivity contribution in [2.45, 2.75) is 91.2 Å². The average molecular weight is 534 g/mol. The van der Waals surface area contributed by atoms with Gasteiger partial charge in [0.15, 0.2) is 0 Å². The molecule has 0 aliphatic heterocycles. The maximum Gasteiger partial charge on any atom is 0.408 e. The number of hydrogen-bond donors (Lipinski definition) is 3. The lowest BCUT2D eigenvalue weighted by atomic mass is 10.2. The van der Waals surface area contributed by atoms with Crippen LogP contribution < -0.4 is 16.0 Å². The summed E-state index contributed by atoms with van der Waals surface area (Å²) in [5.41, 5.74) is -2.14. The van der Waals surface area contributed by atoms with Crippen LogP contribution in [0, 0.1) is 0 Å². The van der Waals surface area contributed by atoms with Gasteiger partial charge in [0.1, 0.15) is 29.5 Å². The molecule has 12 heteroatoms. The van der Waals surface area contributed by atoms with Gasteiger partial charge in [-0.25, -0.2) is 19.2 Å². The fourth-order valence-electron chi connectivity index (χ4n) is 2.33. The van der Waals surface area contributed by atoms with E-state index in [9.17, 15) is 19.2 Å². The van der Waals surface area contributed by atoms with Gasteiger partial charge in [-0.05, 0) is 62.3 Å². The zero-order chi connectivity index (χ0) is 28.2. The Morgan fingerprint density at radius 2 is 1.25 bits per heavy atom. The van der Waals surface area contributed by atoms with Crippen LogP contribution >= 0.6 is 11.8 Å². The third-order valence-electron chi connectivity index (χ3n) is 3.54. The fraction of sp³-hybridized carbons (Fsp3) is 0.750. The average Bonchev–Trinajstić information content (AvgIpc) is 2.65. The van der Waals surface area contributed by atoms with E-state index < -0.39 is 53.1 Å². The van der Waals surface area contributed by atoms with E-state index >= 15 is 0 Å². The Hall–Kier alpha value is -2.63. The van der Waals surface area contributed by atoms with E-state index in [1.807, 2.05) is 0 Å². The van der Waals surface area contributed by atoms with E-state index in [0.29, 0.717) is 0 Å². The summed E-state index contributed by atoms with van der Waals surface area (Å²) < 4.78 is 20.9. The summed E-state index contributed by atoms with van der Waals surface area (Å²) in [7, 11) is 0. The zero-order valence-corrected chi connectivity index (χ0v) is 23.8. The van der Waals surface area contributed by atoms with Crippen LogP contribution in [0.25, 0.3) is 0 Å². The van der Waals surface area contributed by atoms with Crippen LogP contribution in [0.1, 0.15) is 62.3 Å². The van der Waals surface area contributed by atoms with Gasteiger partial charge >= 0.3 is 24.2 Å². The monoisotopic (exact) mass is 533 g/mol. The summed E-state index contributed by atoms with van der Waals surface area (Å²) in [5.74, 6) is -0.262. The maximum atomic E-state index is 12.4. The highest BCUT2D eigenvalue weighted by Gasteiger charge is 2.27. The number of carbonyl (C=O) groups excluding carboxylic acids is 4. The van der Waals surface area contributed by atoms with Crippen molar-refractivity contribution in [2.24, 2.45) is 0 Å². The summed E-state index contributed by atoms with van der Waals surface area (Å²) in [5, 5.41) is 7.84. The van der Waals surface area contributed by atoms with Crippen LogP contribution in [-0.4, -0.2) is 77.8 Å². The molecule has 0 aliphatic carbocycles. The second-order valence-corrected chi connectivity index (χ2v) is 12.0. The van der Waals surface area contributed by atoms with Gasteiger partial charge in [-0.2, -0.15) is 11.8 Å². The molecule has 0 aromatic carbocycles. The molecule has 36 heavy (non-hydrogen) atoms. The van der Waals surface area contributed by atoms with Crippen molar-refractivity contribution in [2.75, 3.05) is 24.7 Å². The highest BCUT2D eigenvalue weighted by Crippen LogP contribution is 2.12. The number of hydrogen-bond acceptors (Lipinski definition) is 9. The first-order valence-corrected chi connectivity index (χ1v) is 12.8. The van der Waals surface area contributed by atoms with Crippen LogP contribution in [0.4, 0.5) is 14.4 Å². The van der Waals surface area contributed by atoms with Gasteiger partial charge in [0.05, 0.1) is 6.04 Å². The van der Waals surface area contributed by atoms with E-state index in [1.165, 1.54) is 17.8 Å². The number of thioether (sulfide) groups is 1. The summed E-state index contributed by atoms with van der Waals surface area (Å²) in [6.45, 7) is 19.1. The van der Waals surface area contributed by atoms with Crippen molar-refractivity contribution in [3.8, 4) is 0 Å². The van der Waals surface area contributed by atoms with Gasteiger partial charge in [0, 0.05) is 18.1 Å². The molecular weight excluding hydrogens is 490 g/mol. The third-order valence-corrected chi connectivity index (χ3v) is 4.74. The fourth-order valence-corrected chi connectivity index (χ4v) is 3.41. The lowest BCUT2D eigenvalue weighted by Crippen LogP contribution is -2.48. The topological polar surface area (TPSA) is 141 Å². The van der Waals surface area contributed by atoms with E-state index in [-0.39, 0.29) is 24.7 Å². The largest absolute Gasteiger partial charge is 0.460 e. The predicted molar refractivity (Wildman–Crippen MR) is 139 cm³/mol. The van der Waals surface area contributed by atoms with Gasteiger partial charge in [-0.3, -0.25) is 0 Å². The van der Waals surface area contributed by atoms with Crippen molar-refractivity contribution in [1.82, 2.24) is 16.0 Å². The number of rotatable bonds is 11. The van der Waals surface area contributed by atoms with Gasteiger partial charge < -0.3 is 34.9 Å². The van der Waals surface area contributed by atoms with Crippen LogP contribution in [-0.2, 0) is 23.7 Å². The number of nitrogens with one attached hydrogen (secondary N) is 3. The second kappa shape index (κ2) is 14.8. The minimum Gasteiger partial charge on any atom is -0.460 e. The van der Waals surface area contributed by atoms with E-state index in [4.69, 9.17) is 18.9 Å². The Kier molecular flexibility index (Phi) is 13.7. The highest BCUT2D eigenvalue weighted by molar-refractivity contribution is 7.99. The number of carbonyl (C=O) groups is 4.